The second-order valence-electron chi connectivity index (χ2n) is 6.65. The third kappa shape index (κ3) is 2.87. The van der Waals surface area contributed by atoms with Gasteiger partial charge in [0.15, 0.2) is 0 Å². The first-order valence-electron chi connectivity index (χ1n) is 8.32. The maximum Gasteiger partial charge on any atom is 0.248 e. The van der Waals surface area contributed by atoms with Crippen molar-refractivity contribution < 1.29 is 9.59 Å². The molecule has 2 aliphatic heterocycles. The van der Waals surface area contributed by atoms with Crippen LogP contribution in [0, 0.1) is 0 Å². The van der Waals surface area contributed by atoms with Crippen molar-refractivity contribution in [1.82, 2.24) is 4.90 Å². The number of hydrogen-bond donors (Lipinski definition) is 1. The van der Waals surface area contributed by atoms with Crippen molar-refractivity contribution >= 4 is 29.3 Å². The Kier molecular flexibility index (Phi) is 4.41. The first kappa shape index (κ1) is 16.4. The van der Waals surface area contributed by atoms with Crippen LogP contribution in [0.4, 0.5) is 5.69 Å². The van der Waals surface area contributed by atoms with Crippen molar-refractivity contribution in [2.45, 2.75) is 56.9 Å². The van der Waals surface area contributed by atoms with Gasteiger partial charge in [0.1, 0.15) is 6.04 Å². The van der Waals surface area contributed by atoms with Gasteiger partial charge in [-0.3, -0.25) is 9.59 Å². The highest BCUT2D eigenvalue weighted by Crippen LogP contribution is 2.47. The molecule has 0 bridgehead atoms. The van der Waals surface area contributed by atoms with Crippen LogP contribution in [-0.4, -0.2) is 33.4 Å². The molecule has 2 aliphatic rings. The Morgan fingerprint density at radius 1 is 1.48 bits per heavy atom. The molecule has 0 radical (unpaired) electrons. The Morgan fingerprint density at radius 3 is 2.96 bits per heavy atom. The fourth-order valence-electron chi connectivity index (χ4n) is 3.49. The summed E-state index contributed by atoms with van der Waals surface area (Å²) in [5, 5.41) is 3.07. The monoisotopic (exact) mass is 332 g/mol. The second-order valence-corrected chi connectivity index (χ2v) is 8.15. The molecule has 2 amide bonds. The average molecular weight is 332 g/mol. The molecule has 3 atom stereocenters. The molecule has 5 heteroatoms. The molecule has 3 rings (SSSR count). The third-order valence-electron chi connectivity index (χ3n) is 5.11. The number of benzene rings is 1. The largest absolute Gasteiger partial charge is 0.324 e. The molecule has 1 aromatic carbocycles. The summed E-state index contributed by atoms with van der Waals surface area (Å²) in [7, 11) is 0. The third-order valence-corrected chi connectivity index (χ3v) is 6.61. The van der Waals surface area contributed by atoms with Crippen LogP contribution in [0.2, 0.25) is 0 Å². The van der Waals surface area contributed by atoms with Crippen LogP contribution in [-0.2, 0) is 9.59 Å². The maximum absolute atomic E-state index is 12.8. The van der Waals surface area contributed by atoms with E-state index in [1.54, 1.807) is 16.7 Å². The average Bonchev–Trinajstić information content (AvgIpc) is 3.04. The molecular weight excluding hydrogens is 308 g/mol. The van der Waals surface area contributed by atoms with Crippen LogP contribution < -0.4 is 5.32 Å². The summed E-state index contributed by atoms with van der Waals surface area (Å²) < 4.78 is 0. The zero-order valence-corrected chi connectivity index (χ0v) is 14.8. The van der Waals surface area contributed by atoms with Gasteiger partial charge in [0.2, 0.25) is 11.8 Å². The van der Waals surface area contributed by atoms with Gasteiger partial charge >= 0.3 is 0 Å². The SMILES string of the molecule is CC[C@@H](C)c1ccccc1NC(=O)[C@H]1CS[C@@]2(C)CCC(=O)N12. The Hall–Kier alpha value is -1.49. The summed E-state index contributed by atoms with van der Waals surface area (Å²) in [6.45, 7) is 6.38. The topological polar surface area (TPSA) is 49.4 Å². The Bertz CT molecular complexity index is 633. The molecule has 0 spiro atoms. The summed E-state index contributed by atoms with van der Waals surface area (Å²) >= 11 is 1.73. The number of thioether (sulfide) groups is 1. The highest BCUT2D eigenvalue weighted by molar-refractivity contribution is 8.01. The molecule has 2 heterocycles. The van der Waals surface area contributed by atoms with Gasteiger partial charge in [0.05, 0.1) is 4.87 Å². The standard InChI is InChI=1S/C18H24N2O2S/c1-4-12(2)13-7-5-6-8-14(13)19-17(22)15-11-23-18(3)10-9-16(21)20(15)18/h5-8,12,15H,4,9-11H2,1-3H3,(H,19,22)/t12-,15-,18+/m1/s1. The van der Waals surface area contributed by atoms with Gasteiger partial charge in [-0.25, -0.2) is 0 Å². The van der Waals surface area contributed by atoms with Crippen LogP contribution >= 0.6 is 11.8 Å². The van der Waals surface area contributed by atoms with E-state index in [9.17, 15) is 9.59 Å². The summed E-state index contributed by atoms with van der Waals surface area (Å²) in [5.74, 6) is 1.11. The van der Waals surface area contributed by atoms with Crippen LogP contribution in [0.5, 0.6) is 0 Å². The predicted molar refractivity (Wildman–Crippen MR) is 94.5 cm³/mol. The van der Waals surface area contributed by atoms with Gasteiger partial charge in [-0.05, 0) is 37.3 Å². The lowest BCUT2D eigenvalue weighted by Crippen LogP contribution is -2.48. The van der Waals surface area contributed by atoms with Crippen LogP contribution in [0.1, 0.15) is 51.5 Å². The van der Waals surface area contributed by atoms with E-state index in [0.29, 0.717) is 18.1 Å². The molecule has 2 saturated heterocycles. The number of para-hydroxylation sites is 1. The summed E-state index contributed by atoms with van der Waals surface area (Å²) in [6, 6.07) is 7.61. The van der Waals surface area contributed by atoms with Crippen LogP contribution in [0.3, 0.4) is 0 Å². The van der Waals surface area contributed by atoms with E-state index in [0.717, 1.165) is 24.1 Å². The van der Waals surface area contributed by atoms with Gasteiger partial charge in [0.25, 0.3) is 0 Å². The smallest absolute Gasteiger partial charge is 0.248 e. The Labute approximate surface area is 142 Å². The van der Waals surface area contributed by atoms with Crippen molar-refractivity contribution in [2.24, 2.45) is 0 Å². The van der Waals surface area contributed by atoms with E-state index in [4.69, 9.17) is 0 Å². The summed E-state index contributed by atoms with van der Waals surface area (Å²) in [4.78, 5) is 26.6. The lowest BCUT2D eigenvalue weighted by Gasteiger charge is -2.30. The fraction of sp³-hybridized carbons (Fsp3) is 0.556. The number of carbonyl (C=O) groups is 2. The molecule has 0 saturated carbocycles. The van der Waals surface area contributed by atoms with Gasteiger partial charge < -0.3 is 10.2 Å². The van der Waals surface area contributed by atoms with Crippen molar-refractivity contribution in [3.8, 4) is 0 Å². The lowest BCUT2D eigenvalue weighted by atomic mass is 9.97. The molecule has 0 aromatic heterocycles. The number of carbonyl (C=O) groups excluding carboxylic acids is 2. The van der Waals surface area contributed by atoms with Crippen molar-refractivity contribution in [3.63, 3.8) is 0 Å². The number of rotatable bonds is 4. The molecule has 0 aliphatic carbocycles. The zero-order chi connectivity index (χ0) is 16.6. The molecule has 23 heavy (non-hydrogen) atoms. The number of nitrogens with zero attached hydrogens (tertiary/aromatic N) is 1. The Morgan fingerprint density at radius 2 is 2.22 bits per heavy atom. The van der Waals surface area contributed by atoms with E-state index in [1.807, 2.05) is 18.2 Å². The highest BCUT2D eigenvalue weighted by Gasteiger charge is 2.52. The first-order chi connectivity index (χ1) is 11.0. The van der Waals surface area contributed by atoms with Crippen molar-refractivity contribution in [3.05, 3.63) is 29.8 Å². The van der Waals surface area contributed by atoms with E-state index in [2.05, 4.69) is 32.2 Å². The van der Waals surface area contributed by atoms with E-state index >= 15 is 0 Å². The van der Waals surface area contributed by atoms with Crippen LogP contribution in [0.15, 0.2) is 24.3 Å². The zero-order valence-electron chi connectivity index (χ0n) is 14.0. The number of anilines is 1. The molecule has 2 fully saturated rings. The fourth-order valence-corrected chi connectivity index (χ4v) is 4.92. The molecule has 1 aromatic rings. The number of amides is 2. The highest BCUT2D eigenvalue weighted by atomic mass is 32.2. The van der Waals surface area contributed by atoms with E-state index in [-0.39, 0.29) is 22.7 Å². The molecule has 124 valence electrons. The van der Waals surface area contributed by atoms with Crippen LogP contribution in [0.25, 0.3) is 0 Å². The minimum atomic E-state index is -0.356. The normalized spacial score (nSPS) is 27.9. The summed E-state index contributed by atoms with van der Waals surface area (Å²) in [6.07, 6.45) is 2.41. The summed E-state index contributed by atoms with van der Waals surface area (Å²) in [5.41, 5.74) is 2.03. The van der Waals surface area contributed by atoms with Crippen molar-refractivity contribution in [2.75, 3.05) is 11.1 Å². The molecule has 0 unspecified atom stereocenters. The second kappa shape index (κ2) is 6.19. The van der Waals surface area contributed by atoms with Gasteiger partial charge in [-0.2, -0.15) is 0 Å². The maximum atomic E-state index is 12.8. The minimum Gasteiger partial charge on any atom is -0.324 e. The predicted octanol–water partition coefficient (Wildman–Crippen LogP) is 3.59. The molecule has 4 nitrogen and oxygen atoms in total. The van der Waals surface area contributed by atoms with E-state index < -0.39 is 0 Å². The van der Waals surface area contributed by atoms with Gasteiger partial charge in [0, 0.05) is 17.9 Å². The van der Waals surface area contributed by atoms with Crippen molar-refractivity contribution in [1.29, 1.82) is 0 Å². The number of hydrogen-bond acceptors (Lipinski definition) is 3. The van der Waals surface area contributed by atoms with Gasteiger partial charge in [-0.15, -0.1) is 11.8 Å². The Balaban J connectivity index is 1.79. The number of fused-ring (bicyclic) bond motifs is 1. The first-order valence-corrected chi connectivity index (χ1v) is 9.30. The quantitative estimate of drug-likeness (QED) is 0.916. The minimum absolute atomic E-state index is 0.0628. The lowest BCUT2D eigenvalue weighted by molar-refractivity contribution is -0.135. The van der Waals surface area contributed by atoms with E-state index in [1.165, 1.54) is 0 Å². The molecule has 1 N–H and O–H groups in total. The number of nitrogens with one attached hydrogen (secondary N) is 1. The molecular formula is C18H24N2O2S. The van der Waals surface area contributed by atoms with Gasteiger partial charge in [-0.1, -0.05) is 32.0 Å².